The van der Waals surface area contributed by atoms with Crippen LogP contribution < -0.4 is 10.6 Å². The van der Waals surface area contributed by atoms with Crippen LogP contribution in [0.5, 0.6) is 0 Å². The Hall–Kier alpha value is -3.42. The molecule has 3 N–H and O–H groups in total. The molecule has 33 heavy (non-hydrogen) atoms. The van der Waals surface area contributed by atoms with Crippen molar-refractivity contribution >= 4 is 34.8 Å². The first-order valence-corrected chi connectivity index (χ1v) is 10.7. The van der Waals surface area contributed by atoms with E-state index in [4.69, 9.17) is 21.7 Å². The number of carbonyl (C=O) groups is 1. The number of carbonyl (C=O) groups excluding carboxylic acids is 1. The van der Waals surface area contributed by atoms with E-state index in [0.717, 1.165) is 29.9 Å². The molecule has 0 atom stereocenters. The van der Waals surface area contributed by atoms with Crippen molar-refractivity contribution in [3.05, 3.63) is 88.6 Å². The standard InChI is InChI=1S/C24H24ClN5O2.CH4/c25-19-7-10-22(28-16-19)29-24(31)21-4-2-1-3-18(21)15-27-20-8-5-17(6-9-20)23(26)30-11-13-32-14-12-30;/h1-10,16,26-27H,11-15H2,(H,28,29,31);1H4. The Bertz CT molecular complexity index is 1080. The number of hydrogen-bond acceptors (Lipinski definition) is 5. The van der Waals surface area contributed by atoms with Gasteiger partial charge in [-0.2, -0.15) is 0 Å². The van der Waals surface area contributed by atoms with Crippen LogP contribution in [0.3, 0.4) is 0 Å². The monoisotopic (exact) mass is 465 g/mol. The van der Waals surface area contributed by atoms with E-state index in [1.807, 2.05) is 47.4 Å². The first kappa shape index (κ1) is 24.2. The SMILES string of the molecule is C.N=C(c1ccc(NCc2ccccc2C(=O)Nc2ccc(Cl)cn2)cc1)N1CCOCC1. The number of amidine groups is 1. The van der Waals surface area contributed by atoms with E-state index in [0.29, 0.717) is 42.0 Å². The van der Waals surface area contributed by atoms with Crippen LogP contribution in [0, 0.1) is 5.41 Å². The molecule has 0 saturated carbocycles. The number of rotatable bonds is 6. The fourth-order valence-electron chi connectivity index (χ4n) is 3.44. The number of anilines is 2. The minimum absolute atomic E-state index is 0. The van der Waals surface area contributed by atoms with Crippen molar-refractivity contribution in [1.82, 2.24) is 9.88 Å². The lowest BCUT2D eigenvalue weighted by Gasteiger charge is -2.29. The fraction of sp³-hybridized carbons (Fsp3) is 0.240. The van der Waals surface area contributed by atoms with E-state index in [9.17, 15) is 4.79 Å². The lowest BCUT2D eigenvalue weighted by Crippen LogP contribution is -2.40. The first-order chi connectivity index (χ1) is 15.6. The number of nitrogens with zero attached hydrogens (tertiary/aromatic N) is 2. The zero-order chi connectivity index (χ0) is 22.3. The molecule has 1 aliphatic heterocycles. The molecule has 2 aromatic carbocycles. The Labute approximate surface area is 199 Å². The van der Waals surface area contributed by atoms with E-state index in [1.54, 1.807) is 18.2 Å². The third-order valence-corrected chi connectivity index (χ3v) is 5.42. The van der Waals surface area contributed by atoms with Crippen molar-refractivity contribution in [2.45, 2.75) is 14.0 Å². The Morgan fingerprint density at radius 2 is 1.79 bits per heavy atom. The number of amides is 1. The largest absolute Gasteiger partial charge is 0.381 e. The van der Waals surface area contributed by atoms with Gasteiger partial charge in [-0.25, -0.2) is 4.98 Å². The maximum atomic E-state index is 12.8. The number of ether oxygens (including phenoxy) is 1. The predicted octanol–water partition coefficient (Wildman–Crippen LogP) is 4.89. The second-order valence-electron chi connectivity index (χ2n) is 7.35. The molecule has 4 rings (SSSR count). The molecule has 2 heterocycles. The average molecular weight is 466 g/mol. The van der Waals surface area contributed by atoms with Crippen molar-refractivity contribution in [2.24, 2.45) is 0 Å². The van der Waals surface area contributed by atoms with Crippen molar-refractivity contribution in [3.63, 3.8) is 0 Å². The third-order valence-electron chi connectivity index (χ3n) is 5.20. The van der Waals surface area contributed by atoms with Gasteiger partial charge in [0.1, 0.15) is 11.7 Å². The van der Waals surface area contributed by atoms with E-state index in [1.165, 1.54) is 6.20 Å². The van der Waals surface area contributed by atoms with Gasteiger partial charge in [0.15, 0.2) is 0 Å². The lowest BCUT2D eigenvalue weighted by atomic mass is 10.1. The summed E-state index contributed by atoms with van der Waals surface area (Å²) in [6, 6.07) is 18.6. The van der Waals surface area contributed by atoms with Gasteiger partial charge in [0.05, 0.1) is 18.2 Å². The normalized spacial score (nSPS) is 13.1. The predicted molar refractivity (Wildman–Crippen MR) is 133 cm³/mol. The Balaban J connectivity index is 0.00000306. The second-order valence-corrected chi connectivity index (χ2v) is 7.79. The molecule has 0 radical (unpaired) electrons. The molecule has 1 fully saturated rings. The van der Waals surface area contributed by atoms with Crippen molar-refractivity contribution in [3.8, 4) is 0 Å². The summed E-state index contributed by atoms with van der Waals surface area (Å²) in [7, 11) is 0. The molecule has 8 heteroatoms. The van der Waals surface area contributed by atoms with Crippen molar-refractivity contribution in [2.75, 3.05) is 36.9 Å². The first-order valence-electron chi connectivity index (χ1n) is 10.4. The fourth-order valence-corrected chi connectivity index (χ4v) is 3.55. The Kier molecular flexibility index (Phi) is 8.40. The Morgan fingerprint density at radius 3 is 2.48 bits per heavy atom. The van der Waals surface area contributed by atoms with Crippen molar-refractivity contribution in [1.29, 1.82) is 5.41 Å². The highest BCUT2D eigenvalue weighted by atomic mass is 35.5. The summed E-state index contributed by atoms with van der Waals surface area (Å²) >= 11 is 5.85. The number of benzene rings is 2. The molecule has 3 aromatic rings. The van der Waals surface area contributed by atoms with Gasteiger partial charge in [-0.3, -0.25) is 10.2 Å². The van der Waals surface area contributed by atoms with Gasteiger partial charge in [0.25, 0.3) is 5.91 Å². The molecule has 0 bridgehead atoms. The van der Waals surface area contributed by atoms with Crippen LogP contribution >= 0.6 is 11.6 Å². The zero-order valence-corrected chi connectivity index (χ0v) is 18.2. The van der Waals surface area contributed by atoms with E-state index in [2.05, 4.69) is 15.6 Å². The highest BCUT2D eigenvalue weighted by molar-refractivity contribution is 6.30. The van der Waals surface area contributed by atoms with Gasteiger partial charge in [-0.05, 0) is 48.0 Å². The van der Waals surface area contributed by atoms with E-state index < -0.39 is 0 Å². The van der Waals surface area contributed by atoms with Crippen LogP contribution in [-0.2, 0) is 11.3 Å². The number of hydrogen-bond donors (Lipinski definition) is 3. The van der Waals surface area contributed by atoms with Crippen LogP contribution in [0.2, 0.25) is 5.02 Å². The summed E-state index contributed by atoms with van der Waals surface area (Å²) in [5.74, 6) is 0.727. The van der Waals surface area contributed by atoms with Gasteiger partial charge < -0.3 is 20.3 Å². The number of aromatic nitrogens is 1. The maximum Gasteiger partial charge on any atom is 0.257 e. The van der Waals surface area contributed by atoms with E-state index in [-0.39, 0.29) is 13.3 Å². The van der Waals surface area contributed by atoms with Gasteiger partial charge >= 0.3 is 0 Å². The van der Waals surface area contributed by atoms with Gasteiger partial charge in [0, 0.05) is 42.6 Å². The van der Waals surface area contributed by atoms with Crippen LogP contribution in [-0.4, -0.2) is 47.9 Å². The zero-order valence-electron chi connectivity index (χ0n) is 17.5. The highest BCUT2D eigenvalue weighted by Gasteiger charge is 2.15. The van der Waals surface area contributed by atoms with Crippen molar-refractivity contribution < 1.29 is 9.53 Å². The highest BCUT2D eigenvalue weighted by Crippen LogP contribution is 2.17. The molecule has 1 aliphatic rings. The maximum absolute atomic E-state index is 12.8. The smallest absolute Gasteiger partial charge is 0.257 e. The number of pyridine rings is 1. The van der Waals surface area contributed by atoms with Gasteiger partial charge in [-0.15, -0.1) is 0 Å². The van der Waals surface area contributed by atoms with E-state index >= 15 is 0 Å². The summed E-state index contributed by atoms with van der Waals surface area (Å²) in [5.41, 5.74) is 3.22. The molecular formula is C25H28ClN5O2. The summed E-state index contributed by atoms with van der Waals surface area (Å²) in [4.78, 5) is 18.9. The van der Waals surface area contributed by atoms with Gasteiger partial charge in [-0.1, -0.05) is 37.2 Å². The molecule has 1 amide bonds. The van der Waals surface area contributed by atoms with Crippen LogP contribution in [0.15, 0.2) is 66.9 Å². The van der Waals surface area contributed by atoms with Crippen LogP contribution in [0.1, 0.15) is 28.9 Å². The minimum atomic E-state index is -0.230. The van der Waals surface area contributed by atoms with Crippen LogP contribution in [0.25, 0.3) is 0 Å². The van der Waals surface area contributed by atoms with Crippen LogP contribution in [0.4, 0.5) is 11.5 Å². The topological polar surface area (TPSA) is 90.3 Å². The third kappa shape index (κ3) is 6.31. The molecule has 0 aliphatic carbocycles. The lowest BCUT2D eigenvalue weighted by molar-refractivity contribution is 0.0680. The average Bonchev–Trinajstić information content (AvgIpc) is 2.85. The molecule has 1 saturated heterocycles. The van der Waals surface area contributed by atoms with Gasteiger partial charge in [0.2, 0.25) is 0 Å². The summed E-state index contributed by atoms with van der Waals surface area (Å²) in [6.45, 7) is 3.27. The summed E-state index contributed by atoms with van der Waals surface area (Å²) < 4.78 is 5.36. The quantitative estimate of drug-likeness (QED) is 0.356. The second kappa shape index (κ2) is 11.4. The molecular weight excluding hydrogens is 438 g/mol. The Morgan fingerprint density at radius 1 is 1.06 bits per heavy atom. The number of morpholine rings is 1. The molecule has 0 spiro atoms. The summed E-state index contributed by atoms with van der Waals surface area (Å²) in [6.07, 6.45) is 1.49. The molecule has 0 unspecified atom stereocenters. The molecule has 7 nitrogen and oxygen atoms in total. The minimum Gasteiger partial charge on any atom is -0.381 e. The number of halogens is 1. The number of nitrogens with one attached hydrogen (secondary N) is 3. The summed E-state index contributed by atoms with van der Waals surface area (Å²) in [5, 5.41) is 15.1. The molecule has 1 aromatic heterocycles. The molecule has 172 valence electrons.